The van der Waals surface area contributed by atoms with Gasteiger partial charge in [-0.25, -0.2) is 4.98 Å². The normalized spacial score (nSPS) is 10.0. The van der Waals surface area contributed by atoms with Gasteiger partial charge in [0.1, 0.15) is 5.69 Å². The monoisotopic (exact) mass is 238 g/mol. The lowest BCUT2D eigenvalue weighted by atomic mass is 10.2. The topological polar surface area (TPSA) is 33.2 Å². The Morgan fingerprint density at radius 2 is 2.11 bits per heavy atom. The largest absolute Gasteiger partial charge is 0.326 e. The highest BCUT2D eigenvalue weighted by Gasteiger charge is 2.14. The number of terminal acetylenes is 1. The first kappa shape index (κ1) is 12.1. The van der Waals surface area contributed by atoms with E-state index < -0.39 is 0 Å². The van der Waals surface area contributed by atoms with E-state index in [0.717, 1.165) is 10.9 Å². The maximum Gasteiger partial charge on any atom is 0.273 e. The number of carbonyl (C=O) groups is 1. The summed E-state index contributed by atoms with van der Waals surface area (Å²) < 4.78 is 0. The highest BCUT2D eigenvalue weighted by molar-refractivity contribution is 5.95. The smallest absolute Gasteiger partial charge is 0.273 e. The van der Waals surface area contributed by atoms with Crippen molar-refractivity contribution in [2.24, 2.45) is 0 Å². The zero-order valence-electron chi connectivity index (χ0n) is 10.3. The molecule has 0 unspecified atom stereocenters. The fourth-order valence-corrected chi connectivity index (χ4v) is 1.78. The Morgan fingerprint density at radius 1 is 1.33 bits per heavy atom. The molecule has 0 spiro atoms. The van der Waals surface area contributed by atoms with Gasteiger partial charge in [-0.05, 0) is 19.1 Å². The van der Waals surface area contributed by atoms with Crippen LogP contribution in [0.3, 0.4) is 0 Å². The number of rotatable bonds is 3. The predicted molar refractivity (Wildman–Crippen MR) is 72.2 cm³/mol. The van der Waals surface area contributed by atoms with Gasteiger partial charge in [0.2, 0.25) is 0 Å². The van der Waals surface area contributed by atoms with Crippen molar-refractivity contribution in [2.45, 2.75) is 6.92 Å². The van der Waals surface area contributed by atoms with E-state index in [1.54, 1.807) is 11.0 Å². The molecule has 90 valence electrons. The highest BCUT2D eigenvalue weighted by Crippen LogP contribution is 2.12. The van der Waals surface area contributed by atoms with Gasteiger partial charge in [-0.15, -0.1) is 6.42 Å². The first-order valence-electron chi connectivity index (χ1n) is 5.84. The summed E-state index contributed by atoms with van der Waals surface area (Å²) >= 11 is 0. The molecule has 0 saturated carbocycles. The Kier molecular flexibility index (Phi) is 3.59. The number of carbonyl (C=O) groups excluding carboxylic acids is 1. The lowest BCUT2D eigenvalue weighted by Gasteiger charge is -2.17. The van der Waals surface area contributed by atoms with Gasteiger partial charge in [-0.1, -0.05) is 30.2 Å². The SMILES string of the molecule is C#CCN(CC)C(=O)c1ccc2ccccc2n1. The third kappa shape index (κ3) is 2.33. The van der Waals surface area contributed by atoms with E-state index >= 15 is 0 Å². The van der Waals surface area contributed by atoms with Crippen molar-refractivity contribution in [3.05, 3.63) is 42.1 Å². The zero-order valence-corrected chi connectivity index (χ0v) is 10.3. The van der Waals surface area contributed by atoms with Gasteiger partial charge in [-0.2, -0.15) is 0 Å². The van der Waals surface area contributed by atoms with Gasteiger partial charge >= 0.3 is 0 Å². The standard InChI is InChI=1S/C15H14N2O/c1-3-11-17(4-2)15(18)14-10-9-12-7-5-6-8-13(12)16-14/h1,5-10H,4,11H2,2H3. The van der Waals surface area contributed by atoms with Crippen molar-refractivity contribution in [1.29, 1.82) is 0 Å². The average Bonchev–Trinajstić information content (AvgIpc) is 2.43. The maximum absolute atomic E-state index is 12.2. The molecule has 0 radical (unpaired) electrons. The molecule has 1 aromatic heterocycles. The van der Waals surface area contributed by atoms with Crippen LogP contribution in [0.15, 0.2) is 36.4 Å². The molecule has 0 bridgehead atoms. The van der Waals surface area contributed by atoms with E-state index in [0.29, 0.717) is 18.8 Å². The molecular formula is C15H14N2O. The minimum atomic E-state index is -0.124. The Hall–Kier alpha value is -2.34. The van der Waals surface area contributed by atoms with E-state index in [2.05, 4.69) is 10.9 Å². The van der Waals surface area contributed by atoms with Crippen molar-refractivity contribution in [3.63, 3.8) is 0 Å². The van der Waals surface area contributed by atoms with Gasteiger partial charge in [0.15, 0.2) is 0 Å². The maximum atomic E-state index is 12.2. The van der Waals surface area contributed by atoms with Crippen molar-refractivity contribution in [1.82, 2.24) is 9.88 Å². The number of aromatic nitrogens is 1. The van der Waals surface area contributed by atoms with Gasteiger partial charge in [0.05, 0.1) is 12.1 Å². The number of para-hydroxylation sites is 1. The third-order valence-corrected chi connectivity index (χ3v) is 2.77. The van der Waals surface area contributed by atoms with Gasteiger partial charge in [0, 0.05) is 11.9 Å². The molecule has 1 aromatic carbocycles. The van der Waals surface area contributed by atoms with E-state index in [9.17, 15) is 4.79 Å². The van der Waals surface area contributed by atoms with Crippen LogP contribution in [0.5, 0.6) is 0 Å². The van der Waals surface area contributed by atoms with E-state index in [4.69, 9.17) is 6.42 Å². The molecule has 1 amide bonds. The molecule has 2 rings (SSSR count). The zero-order chi connectivity index (χ0) is 13.0. The first-order valence-corrected chi connectivity index (χ1v) is 5.84. The molecule has 0 aliphatic heterocycles. The Morgan fingerprint density at radius 3 is 2.83 bits per heavy atom. The summed E-state index contributed by atoms with van der Waals surface area (Å²) in [5.41, 5.74) is 1.26. The quantitative estimate of drug-likeness (QED) is 0.769. The third-order valence-electron chi connectivity index (χ3n) is 2.77. The summed E-state index contributed by atoms with van der Waals surface area (Å²) in [6.07, 6.45) is 5.25. The number of amides is 1. The molecule has 2 aromatic rings. The van der Waals surface area contributed by atoms with Crippen molar-refractivity contribution in [2.75, 3.05) is 13.1 Å². The van der Waals surface area contributed by atoms with Crippen LogP contribution in [-0.2, 0) is 0 Å². The summed E-state index contributed by atoms with van der Waals surface area (Å²) in [5, 5.41) is 1.02. The number of fused-ring (bicyclic) bond motifs is 1. The van der Waals surface area contributed by atoms with Crippen molar-refractivity contribution in [3.8, 4) is 12.3 Å². The molecule has 0 fully saturated rings. The van der Waals surface area contributed by atoms with Gasteiger partial charge in [0.25, 0.3) is 5.91 Å². The van der Waals surface area contributed by atoms with Crippen LogP contribution in [0, 0.1) is 12.3 Å². The van der Waals surface area contributed by atoms with Crippen LogP contribution in [0.2, 0.25) is 0 Å². The second-order valence-electron chi connectivity index (χ2n) is 3.91. The fraction of sp³-hybridized carbons (Fsp3) is 0.200. The number of pyridine rings is 1. The molecule has 0 N–H and O–H groups in total. The Bertz CT molecular complexity index is 613. The second-order valence-corrected chi connectivity index (χ2v) is 3.91. The number of nitrogens with zero attached hydrogens (tertiary/aromatic N) is 2. The van der Waals surface area contributed by atoms with Crippen LogP contribution in [0.25, 0.3) is 10.9 Å². The van der Waals surface area contributed by atoms with Crippen LogP contribution >= 0.6 is 0 Å². The minimum absolute atomic E-state index is 0.124. The number of hydrogen-bond donors (Lipinski definition) is 0. The first-order chi connectivity index (χ1) is 8.76. The fourth-order valence-electron chi connectivity index (χ4n) is 1.78. The van der Waals surface area contributed by atoms with Crippen LogP contribution in [0.1, 0.15) is 17.4 Å². The Labute approximate surface area is 106 Å². The number of benzene rings is 1. The molecule has 3 nitrogen and oxygen atoms in total. The molecule has 0 atom stereocenters. The minimum Gasteiger partial charge on any atom is -0.326 e. The summed E-state index contributed by atoms with van der Waals surface area (Å²) in [4.78, 5) is 18.1. The molecule has 18 heavy (non-hydrogen) atoms. The van der Waals surface area contributed by atoms with E-state index in [1.165, 1.54) is 0 Å². The molecular weight excluding hydrogens is 224 g/mol. The van der Waals surface area contributed by atoms with E-state index in [1.807, 2.05) is 37.3 Å². The average molecular weight is 238 g/mol. The van der Waals surface area contributed by atoms with Crippen molar-refractivity contribution < 1.29 is 4.79 Å². The molecule has 0 aliphatic carbocycles. The summed E-state index contributed by atoms with van der Waals surface area (Å²) in [5.74, 6) is 2.36. The van der Waals surface area contributed by atoms with Crippen LogP contribution in [0.4, 0.5) is 0 Å². The molecule has 1 heterocycles. The number of hydrogen-bond acceptors (Lipinski definition) is 2. The lowest BCUT2D eigenvalue weighted by Crippen LogP contribution is -2.31. The van der Waals surface area contributed by atoms with Crippen LogP contribution in [-0.4, -0.2) is 28.9 Å². The van der Waals surface area contributed by atoms with Gasteiger partial charge in [-0.3, -0.25) is 4.79 Å². The predicted octanol–water partition coefficient (Wildman–Crippen LogP) is 2.33. The lowest BCUT2D eigenvalue weighted by molar-refractivity contribution is 0.0779. The summed E-state index contributed by atoms with van der Waals surface area (Å²) in [6, 6.07) is 11.4. The second kappa shape index (κ2) is 5.33. The summed E-state index contributed by atoms with van der Waals surface area (Å²) in [6.45, 7) is 2.79. The van der Waals surface area contributed by atoms with Crippen molar-refractivity contribution >= 4 is 16.8 Å². The summed E-state index contributed by atoms with van der Waals surface area (Å²) in [7, 11) is 0. The molecule has 3 heteroatoms. The molecule has 0 aliphatic rings. The molecule has 0 saturated heterocycles. The van der Waals surface area contributed by atoms with E-state index in [-0.39, 0.29) is 5.91 Å². The van der Waals surface area contributed by atoms with Crippen LogP contribution < -0.4 is 0 Å². The highest BCUT2D eigenvalue weighted by atomic mass is 16.2. The Balaban J connectivity index is 2.36. The van der Waals surface area contributed by atoms with Gasteiger partial charge < -0.3 is 4.90 Å².